The van der Waals surface area contributed by atoms with Crippen LogP contribution in [0, 0.1) is 0 Å². The predicted molar refractivity (Wildman–Crippen MR) is 79.4 cm³/mol. The van der Waals surface area contributed by atoms with Crippen molar-refractivity contribution in [2.75, 3.05) is 12.9 Å². The van der Waals surface area contributed by atoms with Crippen LogP contribution in [0.3, 0.4) is 0 Å². The second-order valence-corrected chi connectivity index (χ2v) is 5.17. The van der Waals surface area contributed by atoms with Gasteiger partial charge in [-0.2, -0.15) is 0 Å². The van der Waals surface area contributed by atoms with Crippen LogP contribution in [-0.4, -0.2) is 23.8 Å². The minimum atomic E-state index is -0.236. The van der Waals surface area contributed by atoms with Gasteiger partial charge in [0, 0.05) is 22.2 Å². The minimum Gasteiger partial charge on any atom is -0.466 e. The molecular formula is C15H17NO2S. The van der Waals surface area contributed by atoms with Crippen molar-refractivity contribution in [3.8, 4) is 0 Å². The van der Waals surface area contributed by atoms with E-state index in [9.17, 15) is 4.79 Å². The van der Waals surface area contributed by atoms with Crippen molar-refractivity contribution >= 4 is 28.6 Å². The smallest absolute Gasteiger partial charge is 0.333 e. The first kappa shape index (κ1) is 13.7. The molecule has 4 heteroatoms. The minimum absolute atomic E-state index is 0.236. The number of thioether (sulfide) groups is 1. The van der Waals surface area contributed by atoms with Crippen LogP contribution < -0.4 is 0 Å². The summed E-state index contributed by atoms with van der Waals surface area (Å²) in [5.41, 5.74) is 1.86. The Hall–Kier alpha value is -1.68. The van der Waals surface area contributed by atoms with E-state index in [4.69, 9.17) is 4.74 Å². The largest absolute Gasteiger partial charge is 0.466 e. The Kier molecular flexibility index (Phi) is 4.68. The number of methoxy groups -OCH3 is 1. The zero-order valence-electron chi connectivity index (χ0n) is 11.1. The fourth-order valence-corrected chi connectivity index (χ4v) is 2.72. The summed E-state index contributed by atoms with van der Waals surface area (Å²) in [4.78, 5) is 14.8. The topological polar surface area (TPSA) is 42.1 Å². The molecule has 2 rings (SSSR count). The van der Waals surface area contributed by atoms with Crippen LogP contribution in [0.25, 0.3) is 10.9 Å². The van der Waals surface area contributed by atoms with E-state index in [1.807, 2.05) is 25.1 Å². The van der Waals surface area contributed by atoms with Gasteiger partial charge in [-0.25, -0.2) is 4.79 Å². The zero-order chi connectivity index (χ0) is 13.7. The summed E-state index contributed by atoms with van der Waals surface area (Å²) in [5, 5.41) is 2.32. The van der Waals surface area contributed by atoms with E-state index in [2.05, 4.69) is 23.2 Å². The molecule has 1 aromatic carbocycles. The number of carbonyl (C=O) groups excluding carboxylic acids is 1. The first-order valence-corrected chi connectivity index (χ1v) is 7.21. The molecule has 1 heterocycles. The van der Waals surface area contributed by atoms with E-state index in [1.54, 1.807) is 11.8 Å². The van der Waals surface area contributed by atoms with Crippen LogP contribution in [0.5, 0.6) is 0 Å². The van der Waals surface area contributed by atoms with E-state index < -0.39 is 0 Å². The highest BCUT2D eigenvalue weighted by Crippen LogP contribution is 2.23. The number of hydrogen-bond donors (Lipinski definition) is 1. The first-order chi connectivity index (χ1) is 9.24. The number of carbonyl (C=O) groups is 1. The molecule has 0 saturated heterocycles. The molecule has 0 fully saturated rings. The number of esters is 1. The van der Waals surface area contributed by atoms with Gasteiger partial charge in [0.25, 0.3) is 0 Å². The molecule has 1 aromatic heterocycles. The Balaban J connectivity index is 2.02. The fourth-order valence-electron chi connectivity index (χ4n) is 1.86. The summed E-state index contributed by atoms with van der Waals surface area (Å²) in [6, 6.07) is 10.3. The molecule has 100 valence electrons. The van der Waals surface area contributed by atoms with Gasteiger partial charge in [0.05, 0.1) is 12.1 Å². The summed E-state index contributed by atoms with van der Waals surface area (Å²) in [6.07, 6.45) is 2.63. The summed E-state index contributed by atoms with van der Waals surface area (Å²) in [7, 11) is 1.41. The molecule has 0 aliphatic heterocycles. The molecule has 2 aromatic rings. The van der Waals surface area contributed by atoms with Crippen LogP contribution >= 0.6 is 11.8 Å². The van der Waals surface area contributed by atoms with Gasteiger partial charge >= 0.3 is 5.97 Å². The molecule has 0 aliphatic carbocycles. The van der Waals surface area contributed by atoms with Gasteiger partial charge in [-0.3, -0.25) is 0 Å². The highest BCUT2D eigenvalue weighted by Gasteiger charge is 2.06. The molecule has 1 N–H and O–H groups in total. The SMILES string of the molecule is CCC(=CCSc1cc2ccccc2[nH]1)C(=O)OC. The third kappa shape index (κ3) is 3.41. The van der Waals surface area contributed by atoms with E-state index in [0.29, 0.717) is 6.42 Å². The maximum atomic E-state index is 11.4. The lowest BCUT2D eigenvalue weighted by Crippen LogP contribution is -2.04. The van der Waals surface area contributed by atoms with E-state index >= 15 is 0 Å². The third-order valence-electron chi connectivity index (χ3n) is 2.90. The number of fused-ring (bicyclic) bond motifs is 1. The van der Waals surface area contributed by atoms with Crippen LogP contribution in [0.2, 0.25) is 0 Å². The molecule has 3 nitrogen and oxygen atoms in total. The first-order valence-electron chi connectivity index (χ1n) is 6.22. The number of rotatable bonds is 5. The second kappa shape index (κ2) is 6.48. The number of aromatic nitrogens is 1. The Bertz CT molecular complexity index is 568. The van der Waals surface area contributed by atoms with Crippen molar-refractivity contribution in [1.82, 2.24) is 4.98 Å². The number of H-pyrrole nitrogens is 1. The molecule has 0 spiro atoms. The van der Waals surface area contributed by atoms with Crippen LogP contribution in [0.4, 0.5) is 0 Å². The standard InChI is InChI=1S/C15H17NO2S/c1-3-11(15(17)18-2)8-9-19-14-10-12-6-4-5-7-13(12)16-14/h4-8,10,16H,3,9H2,1-2H3. The normalized spacial score (nSPS) is 11.8. The average molecular weight is 275 g/mol. The van der Waals surface area contributed by atoms with Crippen LogP contribution in [0.1, 0.15) is 13.3 Å². The van der Waals surface area contributed by atoms with E-state index in [0.717, 1.165) is 21.9 Å². The highest BCUT2D eigenvalue weighted by atomic mass is 32.2. The lowest BCUT2D eigenvalue weighted by molar-refractivity contribution is -0.136. The van der Waals surface area contributed by atoms with Gasteiger partial charge < -0.3 is 9.72 Å². The van der Waals surface area contributed by atoms with Crippen molar-refractivity contribution in [3.05, 3.63) is 42.0 Å². The van der Waals surface area contributed by atoms with E-state index in [-0.39, 0.29) is 5.97 Å². The number of ether oxygens (including phenoxy) is 1. The molecule has 0 amide bonds. The van der Waals surface area contributed by atoms with Crippen molar-refractivity contribution in [2.45, 2.75) is 18.4 Å². The average Bonchev–Trinajstić information content (AvgIpc) is 2.85. The predicted octanol–water partition coefficient (Wildman–Crippen LogP) is 3.77. The number of nitrogens with one attached hydrogen (secondary N) is 1. The Morgan fingerprint density at radius 3 is 2.89 bits per heavy atom. The molecule has 19 heavy (non-hydrogen) atoms. The summed E-state index contributed by atoms with van der Waals surface area (Å²) in [5.74, 6) is 0.519. The number of benzene rings is 1. The molecular weight excluding hydrogens is 258 g/mol. The molecule has 0 saturated carbocycles. The summed E-state index contributed by atoms with van der Waals surface area (Å²) in [6.45, 7) is 1.95. The zero-order valence-corrected chi connectivity index (χ0v) is 11.9. The molecule has 0 radical (unpaired) electrons. The van der Waals surface area contributed by atoms with Crippen molar-refractivity contribution < 1.29 is 9.53 Å². The maximum Gasteiger partial charge on any atom is 0.333 e. The van der Waals surface area contributed by atoms with Crippen molar-refractivity contribution in [2.24, 2.45) is 0 Å². The van der Waals surface area contributed by atoms with Gasteiger partial charge in [0.2, 0.25) is 0 Å². The molecule has 0 bridgehead atoms. The van der Waals surface area contributed by atoms with Crippen molar-refractivity contribution in [3.63, 3.8) is 0 Å². The molecule has 0 aliphatic rings. The maximum absolute atomic E-state index is 11.4. The second-order valence-electron chi connectivity index (χ2n) is 4.11. The van der Waals surface area contributed by atoms with Crippen LogP contribution in [-0.2, 0) is 9.53 Å². The monoisotopic (exact) mass is 275 g/mol. The van der Waals surface area contributed by atoms with Crippen molar-refractivity contribution in [1.29, 1.82) is 0 Å². The van der Waals surface area contributed by atoms with Gasteiger partial charge in [-0.1, -0.05) is 31.2 Å². The number of para-hydroxylation sites is 1. The van der Waals surface area contributed by atoms with E-state index in [1.165, 1.54) is 12.5 Å². The summed E-state index contributed by atoms with van der Waals surface area (Å²) >= 11 is 1.68. The third-order valence-corrected chi connectivity index (χ3v) is 3.77. The Labute approximate surface area is 117 Å². The lowest BCUT2D eigenvalue weighted by Gasteiger charge is -2.01. The Morgan fingerprint density at radius 2 is 2.21 bits per heavy atom. The quantitative estimate of drug-likeness (QED) is 0.513. The van der Waals surface area contributed by atoms with Gasteiger partial charge in [0.1, 0.15) is 0 Å². The number of aromatic amines is 1. The summed E-state index contributed by atoms with van der Waals surface area (Å²) < 4.78 is 4.73. The highest BCUT2D eigenvalue weighted by molar-refractivity contribution is 7.99. The number of hydrogen-bond acceptors (Lipinski definition) is 3. The van der Waals surface area contributed by atoms with Gasteiger partial charge in [0.15, 0.2) is 0 Å². The van der Waals surface area contributed by atoms with Gasteiger partial charge in [-0.15, -0.1) is 11.8 Å². The lowest BCUT2D eigenvalue weighted by atomic mass is 10.2. The fraction of sp³-hybridized carbons (Fsp3) is 0.267. The molecule has 0 atom stereocenters. The molecule has 0 unspecified atom stereocenters. The Morgan fingerprint density at radius 1 is 1.42 bits per heavy atom. The van der Waals surface area contributed by atoms with Gasteiger partial charge in [-0.05, 0) is 18.6 Å². The van der Waals surface area contributed by atoms with Crippen LogP contribution in [0.15, 0.2) is 47.0 Å².